The minimum absolute atomic E-state index is 0.462. The Labute approximate surface area is 88.9 Å². The monoisotopic (exact) mass is 223 g/mol. The summed E-state index contributed by atoms with van der Waals surface area (Å²) in [4.78, 5) is 10.3. The third kappa shape index (κ3) is 0.733. The van der Waals surface area contributed by atoms with Gasteiger partial charge in [-0.05, 0) is 11.3 Å². The predicted molar refractivity (Wildman–Crippen MR) is 44.2 cm³/mol. The quantitative estimate of drug-likeness (QED) is 0.634. The molecule has 0 aromatic heterocycles. The minimum atomic E-state index is -0.695. The van der Waals surface area contributed by atoms with E-state index in [1.54, 1.807) is 0 Å². The first-order chi connectivity index (χ1) is 7.87. The highest BCUT2D eigenvalue weighted by molar-refractivity contribution is 5.65. The van der Waals surface area contributed by atoms with E-state index in [0.717, 1.165) is 5.56 Å². The molecule has 7 nitrogen and oxygen atoms in total. The molecule has 0 spiro atoms. The molecule has 0 radical (unpaired) electrons. The molecule has 0 amide bonds. The number of ether oxygens (including phenoxy) is 4. The van der Waals surface area contributed by atoms with Crippen LogP contribution in [0.3, 0.4) is 0 Å². The number of rotatable bonds is 0. The van der Waals surface area contributed by atoms with Crippen LogP contribution in [-0.4, -0.2) is 18.2 Å². The first kappa shape index (κ1) is 7.55. The van der Waals surface area contributed by atoms with Crippen LogP contribution in [0.25, 0.3) is 0 Å². The predicted octanol–water partition coefficient (Wildman–Crippen LogP) is 0.489. The van der Waals surface area contributed by atoms with Gasteiger partial charge in [-0.3, -0.25) is 0 Å². The van der Waals surface area contributed by atoms with E-state index in [1.165, 1.54) is 5.23 Å². The summed E-state index contributed by atoms with van der Waals surface area (Å²) in [5.74, 6) is 2.45. The summed E-state index contributed by atoms with van der Waals surface area (Å²) < 4.78 is 21.6. The summed E-state index contributed by atoms with van der Waals surface area (Å²) in [6, 6.07) is 1.85. The van der Waals surface area contributed by atoms with Crippen molar-refractivity contribution in [2.75, 3.05) is 0 Å². The van der Waals surface area contributed by atoms with Crippen molar-refractivity contribution in [1.82, 2.24) is 5.23 Å². The Kier molecular flexibility index (Phi) is 1.03. The Bertz CT molecular complexity index is 509. The van der Waals surface area contributed by atoms with Gasteiger partial charge in [-0.1, -0.05) is 0 Å². The van der Waals surface area contributed by atoms with E-state index < -0.39 is 13.0 Å². The molecule has 5 aliphatic rings. The molecule has 0 aliphatic carbocycles. The highest BCUT2D eigenvalue weighted by Crippen LogP contribution is 2.56. The maximum atomic E-state index is 5.49. The molecule has 0 saturated carbocycles. The van der Waals surface area contributed by atoms with Gasteiger partial charge in [-0.15, -0.1) is 0 Å². The topological polar surface area (TPSA) is 58.6 Å². The fourth-order valence-electron chi connectivity index (χ4n) is 2.12. The number of benzene rings is 1. The van der Waals surface area contributed by atoms with Crippen LogP contribution in [0.1, 0.15) is 5.56 Å². The van der Waals surface area contributed by atoms with E-state index in [2.05, 4.69) is 0 Å². The second kappa shape index (κ2) is 2.19. The first-order valence-corrected chi connectivity index (χ1v) is 4.84. The average Bonchev–Trinajstić information content (AvgIpc) is 2.69. The number of hydrogen-bond acceptors (Lipinski definition) is 7. The molecule has 5 heterocycles. The molecular weight excluding hydrogens is 218 g/mol. The van der Waals surface area contributed by atoms with E-state index in [4.69, 9.17) is 28.6 Å². The Morgan fingerprint density at radius 2 is 1.75 bits per heavy atom. The smallest absolute Gasteiger partial charge is 0.407 e. The molecular formula is C9H5NO6. The van der Waals surface area contributed by atoms with Gasteiger partial charge in [0.2, 0.25) is 11.5 Å². The van der Waals surface area contributed by atoms with Gasteiger partial charge in [-0.25, -0.2) is 9.68 Å². The van der Waals surface area contributed by atoms with Crippen LogP contribution in [0.15, 0.2) is 6.07 Å². The van der Waals surface area contributed by atoms with Crippen molar-refractivity contribution in [3.63, 3.8) is 0 Å². The fourth-order valence-corrected chi connectivity index (χ4v) is 2.12. The van der Waals surface area contributed by atoms with Crippen LogP contribution < -0.4 is 18.9 Å². The molecule has 4 bridgehead atoms. The summed E-state index contributed by atoms with van der Waals surface area (Å²) in [7, 11) is 0. The zero-order valence-electron chi connectivity index (χ0n) is 7.84. The van der Waals surface area contributed by atoms with Crippen LogP contribution >= 0.6 is 0 Å². The molecule has 1 unspecified atom stereocenters. The minimum Gasteiger partial charge on any atom is -0.435 e. The number of fused-ring (bicyclic) bond motifs is 1. The van der Waals surface area contributed by atoms with E-state index in [0.29, 0.717) is 29.5 Å². The number of nitrogens with zero attached hydrogens (tertiary/aromatic N) is 1. The molecule has 5 aliphatic heterocycles. The maximum Gasteiger partial charge on any atom is 0.407 e. The zero-order chi connectivity index (χ0) is 10.3. The second-order valence-corrected chi connectivity index (χ2v) is 3.77. The van der Waals surface area contributed by atoms with E-state index in [1.807, 2.05) is 6.07 Å². The van der Waals surface area contributed by atoms with Gasteiger partial charge in [0, 0.05) is 5.56 Å². The largest absolute Gasteiger partial charge is 0.435 e. The SMILES string of the molecule is c1c2c(c3c4c1OC(O4)O3)OC1ON(C2)O1. The van der Waals surface area contributed by atoms with E-state index in [9.17, 15) is 0 Å². The maximum absolute atomic E-state index is 5.49. The third-order valence-corrected chi connectivity index (χ3v) is 2.81. The number of hydrogen-bond donors (Lipinski definition) is 0. The summed E-state index contributed by atoms with van der Waals surface area (Å²) in [6.45, 7) is -0.905. The highest BCUT2D eigenvalue weighted by atomic mass is 17.2. The van der Waals surface area contributed by atoms with Crippen LogP contribution in [0, 0.1) is 0 Å². The molecule has 82 valence electrons. The van der Waals surface area contributed by atoms with Gasteiger partial charge in [0.15, 0.2) is 11.5 Å². The summed E-state index contributed by atoms with van der Waals surface area (Å²) in [6.07, 6.45) is 0. The Hall–Kier alpha value is -1.70. The number of hydroxylamine groups is 2. The molecule has 0 N–H and O–H groups in total. The lowest BCUT2D eigenvalue weighted by molar-refractivity contribution is -0.605. The van der Waals surface area contributed by atoms with E-state index in [-0.39, 0.29) is 0 Å². The van der Waals surface area contributed by atoms with Crippen LogP contribution in [-0.2, 0) is 16.2 Å². The van der Waals surface area contributed by atoms with Gasteiger partial charge in [-0.2, -0.15) is 0 Å². The van der Waals surface area contributed by atoms with Gasteiger partial charge in [0.05, 0.1) is 6.54 Å². The normalized spacial score (nSPS) is 34.9. The van der Waals surface area contributed by atoms with Crippen molar-refractivity contribution in [2.45, 2.75) is 19.5 Å². The Morgan fingerprint density at radius 3 is 2.62 bits per heavy atom. The van der Waals surface area contributed by atoms with Crippen molar-refractivity contribution in [3.8, 4) is 23.0 Å². The average molecular weight is 223 g/mol. The standard InChI is InChI=1S/C9H5NO6/c1-3-2-10-15-9(16-10)12-5(3)7-6-4(1)11-8(13-6)14-7/h1,8-9H,2H2. The Morgan fingerprint density at radius 1 is 0.938 bits per heavy atom. The lowest BCUT2D eigenvalue weighted by Gasteiger charge is -2.32. The molecule has 6 rings (SSSR count). The Balaban J connectivity index is 1.77. The fraction of sp³-hybridized carbons (Fsp3) is 0.333. The molecule has 1 aromatic carbocycles. The van der Waals surface area contributed by atoms with Crippen LogP contribution in [0.2, 0.25) is 0 Å². The molecule has 1 atom stereocenters. The molecule has 7 heteroatoms. The lowest BCUT2D eigenvalue weighted by atomic mass is 10.1. The molecule has 16 heavy (non-hydrogen) atoms. The van der Waals surface area contributed by atoms with Gasteiger partial charge in [0.25, 0.3) is 0 Å². The van der Waals surface area contributed by atoms with Crippen molar-refractivity contribution >= 4 is 0 Å². The van der Waals surface area contributed by atoms with Crippen molar-refractivity contribution in [1.29, 1.82) is 0 Å². The second-order valence-electron chi connectivity index (χ2n) is 3.77. The van der Waals surface area contributed by atoms with Gasteiger partial charge < -0.3 is 18.9 Å². The highest BCUT2D eigenvalue weighted by Gasteiger charge is 2.45. The van der Waals surface area contributed by atoms with Crippen LogP contribution in [0.5, 0.6) is 23.0 Å². The summed E-state index contributed by atoms with van der Waals surface area (Å²) in [5.41, 5.74) is 0.887. The lowest BCUT2D eigenvalue weighted by Crippen LogP contribution is -2.46. The van der Waals surface area contributed by atoms with Crippen LogP contribution in [0.4, 0.5) is 0 Å². The van der Waals surface area contributed by atoms with Gasteiger partial charge >= 0.3 is 13.0 Å². The van der Waals surface area contributed by atoms with Crippen molar-refractivity contribution in [3.05, 3.63) is 11.6 Å². The third-order valence-electron chi connectivity index (χ3n) is 2.81. The van der Waals surface area contributed by atoms with E-state index >= 15 is 0 Å². The summed E-state index contributed by atoms with van der Waals surface area (Å²) >= 11 is 0. The first-order valence-electron chi connectivity index (χ1n) is 4.84. The molecule has 1 fully saturated rings. The van der Waals surface area contributed by atoms with Gasteiger partial charge in [0.1, 0.15) is 0 Å². The summed E-state index contributed by atoms with van der Waals surface area (Å²) in [5, 5.41) is 1.35. The van der Waals surface area contributed by atoms with Crippen molar-refractivity contribution < 1.29 is 28.6 Å². The zero-order valence-corrected chi connectivity index (χ0v) is 7.84. The molecule has 1 aromatic rings. The molecule has 1 saturated heterocycles. The van der Waals surface area contributed by atoms with Crippen molar-refractivity contribution in [2.24, 2.45) is 0 Å².